The van der Waals surface area contributed by atoms with Gasteiger partial charge in [0.2, 0.25) is 0 Å². The molecule has 28 heavy (non-hydrogen) atoms. The standard InChI is InChI=1S/C20H21N3O4S/c1-2-12-26-17-8-10-18(11-9-17)28(24,25)23-16-5-3-4-15(13-16)20-21-19(22-27-20)14-6-7-14/h3-5,8-11,13-14,23H,2,6-7,12H2,1H3. The molecular weight excluding hydrogens is 378 g/mol. The Hall–Kier alpha value is -2.87. The van der Waals surface area contributed by atoms with Gasteiger partial charge in [-0.1, -0.05) is 18.1 Å². The third-order valence-electron chi connectivity index (χ3n) is 4.35. The van der Waals surface area contributed by atoms with Crippen LogP contribution in [0.15, 0.2) is 57.9 Å². The van der Waals surface area contributed by atoms with E-state index < -0.39 is 10.0 Å². The van der Waals surface area contributed by atoms with Crippen molar-refractivity contribution in [2.75, 3.05) is 11.3 Å². The predicted molar refractivity (Wildman–Crippen MR) is 105 cm³/mol. The SMILES string of the molecule is CCCOc1ccc(S(=O)(=O)Nc2cccc(-c3nc(C4CC4)no3)c2)cc1. The van der Waals surface area contributed by atoms with Crippen LogP contribution in [0.2, 0.25) is 0 Å². The molecule has 1 heterocycles. The second kappa shape index (κ2) is 7.63. The number of ether oxygens (including phenoxy) is 1. The lowest BCUT2D eigenvalue weighted by Gasteiger charge is -2.10. The molecule has 0 amide bonds. The van der Waals surface area contributed by atoms with Crippen molar-refractivity contribution in [2.24, 2.45) is 0 Å². The molecule has 8 heteroatoms. The number of hydrogen-bond acceptors (Lipinski definition) is 6. The maximum Gasteiger partial charge on any atom is 0.261 e. The van der Waals surface area contributed by atoms with Crippen LogP contribution in [0.25, 0.3) is 11.5 Å². The van der Waals surface area contributed by atoms with Gasteiger partial charge in [0.1, 0.15) is 5.75 Å². The Morgan fingerprint density at radius 1 is 1.18 bits per heavy atom. The van der Waals surface area contributed by atoms with E-state index in [0.29, 0.717) is 41.2 Å². The number of nitrogens with one attached hydrogen (secondary N) is 1. The van der Waals surface area contributed by atoms with Gasteiger partial charge in [0.15, 0.2) is 5.82 Å². The first-order chi connectivity index (χ1) is 13.5. The first kappa shape index (κ1) is 18.5. The van der Waals surface area contributed by atoms with Crippen molar-refractivity contribution in [3.05, 3.63) is 54.4 Å². The maximum absolute atomic E-state index is 12.7. The van der Waals surface area contributed by atoms with Crippen LogP contribution in [0.4, 0.5) is 5.69 Å². The molecule has 1 saturated carbocycles. The van der Waals surface area contributed by atoms with Crippen LogP contribution >= 0.6 is 0 Å². The highest BCUT2D eigenvalue weighted by Gasteiger charge is 2.29. The van der Waals surface area contributed by atoms with Gasteiger partial charge in [0.05, 0.1) is 11.5 Å². The van der Waals surface area contributed by atoms with Gasteiger partial charge in [-0.3, -0.25) is 4.72 Å². The molecule has 4 rings (SSSR count). The monoisotopic (exact) mass is 399 g/mol. The normalized spacial score (nSPS) is 14.0. The Bertz CT molecular complexity index is 1060. The fourth-order valence-electron chi connectivity index (χ4n) is 2.72. The molecule has 2 aromatic carbocycles. The zero-order valence-corrected chi connectivity index (χ0v) is 16.3. The molecule has 1 aliphatic carbocycles. The van der Waals surface area contributed by atoms with Crippen molar-refractivity contribution >= 4 is 15.7 Å². The van der Waals surface area contributed by atoms with Crippen LogP contribution in [0.1, 0.15) is 37.9 Å². The summed E-state index contributed by atoms with van der Waals surface area (Å²) in [6, 6.07) is 13.3. The van der Waals surface area contributed by atoms with E-state index in [9.17, 15) is 8.42 Å². The number of rotatable bonds is 8. The summed E-state index contributed by atoms with van der Waals surface area (Å²) in [6.45, 7) is 2.60. The molecule has 1 aromatic heterocycles. The van der Waals surface area contributed by atoms with Crippen molar-refractivity contribution in [2.45, 2.75) is 37.0 Å². The fourth-order valence-corrected chi connectivity index (χ4v) is 3.77. The highest BCUT2D eigenvalue weighted by atomic mass is 32.2. The second-order valence-corrected chi connectivity index (χ2v) is 8.42. The lowest BCUT2D eigenvalue weighted by atomic mass is 10.2. The summed E-state index contributed by atoms with van der Waals surface area (Å²) < 4.78 is 38.7. The van der Waals surface area contributed by atoms with Gasteiger partial charge in [0.25, 0.3) is 15.9 Å². The summed E-state index contributed by atoms with van der Waals surface area (Å²) in [5.41, 5.74) is 1.10. The average Bonchev–Trinajstić information content (AvgIpc) is 3.43. The Morgan fingerprint density at radius 2 is 1.96 bits per heavy atom. The molecule has 3 aromatic rings. The lowest BCUT2D eigenvalue weighted by Crippen LogP contribution is -2.12. The van der Waals surface area contributed by atoms with Gasteiger partial charge < -0.3 is 9.26 Å². The van der Waals surface area contributed by atoms with Crippen LogP contribution in [0, 0.1) is 0 Å². The molecule has 0 saturated heterocycles. The number of aromatic nitrogens is 2. The van der Waals surface area contributed by atoms with Crippen LogP contribution < -0.4 is 9.46 Å². The van der Waals surface area contributed by atoms with Gasteiger partial charge in [-0.15, -0.1) is 0 Å². The third kappa shape index (κ3) is 4.17. The summed E-state index contributed by atoms with van der Waals surface area (Å²) in [4.78, 5) is 4.57. The molecule has 0 radical (unpaired) electrons. The smallest absolute Gasteiger partial charge is 0.261 e. The largest absolute Gasteiger partial charge is 0.494 e. The molecular formula is C20H21N3O4S. The van der Waals surface area contributed by atoms with Crippen molar-refractivity contribution in [3.63, 3.8) is 0 Å². The van der Waals surface area contributed by atoms with E-state index in [-0.39, 0.29) is 4.90 Å². The Kier molecular flexibility index (Phi) is 5.04. The highest BCUT2D eigenvalue weighted by molar-refractivity contribution is 7.92. The molecule has 0 bridgehead atoms. The number of nitrogens with zero attached hydrogens (tertiary/aromatic N) is 2. The van der Waals surface area contributed by atoms with Crippen LogP contribution in [-0.2, 0) is 10.0 Å². The van der Waals surface area contributed by atoms with Crippen LogP contribution in [0.5, 0.6) is 5.75 Å². The lowest BCUT2D eigenvalue weighted by molar-refractivity contribution is 0.317. The topological polar surface area (TPSA) is 94.3 Å². The molecule has 1 N–H and O–H groups in total. The second-order valence-electron chi connectivity index (χ2n) is 6.74. The van der Waals surface area contributed by atoms with E-state index in [0.717, 1.165) is 19.3 Å². The maximum atomic E-state index is 12.7. The average molecular weight is 399 g/mol. The highest BCUT2D eigenvalue weighted by Crippen LogP contribution is 2.39. The van der Waals surface area contributed by atoms with Crippen molar-refractivity contribution in [3.8, 4) is 17.2 Å². The first-order valence-electron chi connectivity index (χ1n) is 9.25. The third-order valence-corrected chi connectivity index (χ3v) is 5.75. The number of anilines is 1. The van der Waals surface area contributed by atoms with E-state index in [1.54, 1.807) is 30.3 Å². The minimum absolute atomic E-state index is 0.163. The zero-order chi connectivity index (χ0) is 19.6. The van der Waals surface area contributed by atoms with Crippen molar-refractivity contribution in [1.82, 2.24) is 10.1 Å². The number of benzene rings is 2. The van der Waals surface area contributed by atoms with Gasteiger partial charge in [-0.05, 0) is 61.7 Å². The summed E-state index contributed by atoms with van der Waals surface area (Å²) in [5.74, 6) is 2.14. The van der Waals surface area contributed by atoms with Gasteiger partial charge in [-0.2, -0.15) is 4.98 Å². The Morgan fingerprint density at radius 3 is 2.68 bits per heavy atom. The Balaban J connectivity index is 1.51. The van der Waals surface area contributed by atoms with Gasteiger partial charge >= 0.3 is 0 Å². The Labute approximate surface area is 163 Å². The summed E-state index contributed by atoms with van der Waals surface area (Å²) in [5, 5.41) is 4.00. The summed E-state index contributed by atoms with van der Waals surface area (Å²) >= 11 is 0. The number of hydrogen-bond donors (Lipinski definition) is 1. The van der Waals surface area contributed by atoms with E-state index in [1.165, 1.54) is 12.1 Å². The minimum atomic E-state index is -3.72. The van der Waals surface area contributed by atoms with Gasteiger partial charge in [0, 0.05) is 17.2 Å². The van der Waals surface area contributed by atoms with E-state index in [2.05, 4.69) is 14.9 Å². The van der Waals surface area contributed by atoms with Crippen molar-refractivity contribution < 1.29 is 17.7 Å². The van der Waals surface area contributed by atoms with Crippen LogP contribution in [0.3, 0.4) is 0 Å². The predicted octanol–water partition coefficient (Wildman–Crippen LogP) is 4.20. The zero-order valence-electron chi connectivity index (χ0n) is 15.5. The molecule has 146 valence electrons. The van der Waals surface area contributed by atoms with Gasteiger partial charge in [-0.25, -0.2) is 8.42 Å². The minimum Gasteiger partial charge on any atom is -0.494 e. The molecule has 1 aliphatic rings. The molecule has 0 spiro atoms. The molecule has 0 aliphatic heterocycles. The van der Waals surface area contributed by atoms with E-state index in [1.807, 2.05) is 13.0 Å². The molecule has 1 fully saturated rings. The molecule has 0 atom stereocenters. The van der Waals surface area contributed by atoms with E-state index in [4.69, 9.17) is 9.26 Å². The summed E-state index contributed by atoms with van der Waals surface area (Å²) in [6.07, 6.45) is 3.06. The first-order valence-corrected chi connectivity index (χ1v) is 10.7. The fraction of sp³-hybridized carbons (Fsp3) is 0.300. The summed E-state index contributed by atoms with van der Waals surface area (Å²) in [7, 11) is -3.72. The molecule has 0 unspecified atom stereocenters. The van der Waals surface area contributed by atoms with E-state index >= 15 is 0 Å². The van der Waals surface area contributed by atoms with Crippen LogP contribution in [-0.4, -0.2) is 25.2 Å². The quantitative estimate of drug-likeness (QED) is 0.610. The molecule has 7 nitrogen and oxygen atoms in total. The van der Waals surface area contributed by atoms with Crippen molar-refractivity contribution in [1.29, 1.82) is 0 Å². The number of sulfonamides is 1.